The number of nitrogens with zero attached hydrogens (tertiary/aromatic N) is 3. The van der Waals surface area contributed by atoms with Gasteiger partial charge >= 0.3 is 0 Å². The molecule has 0 atom stereocenters. The Labute approximate surface area is 138 Å². The van der Waals surface area contributed by atoms with Crippen LogP contribution in [0.15, 0.2) is 29.3 Å². The zero-order chi connectivity index (χ0) is 16.1. The van der Waals surface area contributed by atoms with Crippen molar-refractivity contribution in [2.75, 3.05) is 26.2 Å². The van der Waals surface area contributed by atoms with Crippen molar-refractivity contribution in [1.29, 1.82) is 0 Å². The number of rotatable bonds is 4. The van der Waals surface area contributed by atoms with Crippen molar-refractivity contribution in [3.63, 3.8) is 0 Å². The number of likely N-dealkylation sites (tertiary alicyclic amines) is 1. The summed E-state index contributed by atoms with van der Waals surface area (Å²) < 4.78 is 0. The van der Waals surface area contributed by atoms with E-state index in [-0.39, 0.29) is 0 Å². The second-order valence-electron chi connectivity index (χ2n) is 6.36. The van der Waals surface area contributed by atoms with Gasteiger partial charge in [0.15, 0.2) is 5.96 Å². The highest BCUT2D eigenvalue weighted by Crippen LogP contribution is 2.16. The summed E-state index contributed by atoms with van der Waals surface area (Å²) >= 11 is 0. The lowest BCUT2D eigenvalue weighted by Gasteiger charge is -2.33. The van der Waals surface area contributed by atoms with Gasteiger partial charge in [0.05, 0.1) is 11.0 Å². The molecule has 0 unspecified atom stereocenters. The fraction of sp³-hybridized carbons (Fsp3) is 0.556. The third-order valence-electron chi connectivity index (χ3n) is 4.47. The Morgan fingerprint density at radius 2 is 2.13 bits per heavy atom. The van der Waals surface area contributed by atoms with Crippen LogP contribution >= 0.6 is 0 Å². The first kappa shape index (κ1) is 15.8. The van der Waals surface area contributed by atoms with Crippen molar-refractivity contribution in [1.82, 2.24) is 20.2 Å². The number of imidazole rings is 1. The summed E-state index contributed by atoms with van der Waals surface area (Å²) in [4.78, 5) is 15.2. The van der Waals surface area contributed by atoms with E-state index >= 15 is 0 Å². The van der Waals surface area contributed by atoms with E-state index in [4.69, 9.17) is 4.99 Å². The highest BCUT2D eigenvalue weighted by atomic mass is 15.3. The Balaban J connectivity index is 1.61. The molecule has 2 aromatic rings. The molecule has 0 amide bonds. The Hall–Kier alpha value is -2.04. The van der Waals surface area contributed by atoms with E-state index in [2.05, 4.69) is 40.1 Å². The molecule has 5 heteroatoms. The molecule has 2 heterocycles. The number of hydrogen-bond donors (Lipinski definition) is 2. The molecule has 0 radical (unpaired) electrons. The lowest BCUT2D eigenvalue weighted by molar-refractivity contribution is 0.273. The fourth-order valence-corrected chi connectivity index (χ4v) is 3.04. The quantitative estimate of drug-likeness (QED) is 0.674. The van der Waals surface area contributed by atoms with Crippen molar-refractivity contribution in [2.45, 2.75) is 33.1 Å². The smallest absolute Gasteiger partial charge is 0.193 e. The lowest BCUT2D eigenvalue weighted by atomic mass is 10.00. The Morgan fingerprint density at radius 3 is 2.87 bits per heavy atom. The first-order valence-corrected chi connectivity index (χ1v) is 8.73. The van der Waals surface area contributed by atoms with Crippen LogP contribution < -0.4 is 5.32 Å². The number of nitrogens with one attached hydrogen (secondary N) is 2. The molecule has 0 aliphatic carbocycles. The van der Waals surface area contributed by atoms with Crippen LogP contribution in [0, 0.1) is 5.92 Å². The third kappa shape index (κ3) is 4.03. The number of aromatic amines is 1. The summed E-state index contributed by atoms with van der Waals surface area (Å²) in [5, 5.41) is 3.43. The van der Waals surface area contributed by atoms with Crippen LogP contribution in [0.5, 0.6) is 0 Å². The SMILES string of the molecule is CCNC(=NCCc1nc2ccccc2[nH]1)N1CCC(C)CC1. The van der Waals surface area contributed by atoms with Crippen LogP contribution in [-0.4, -0.2) is 47.0 Å². The minimum atomic E-state index is 0.758. The standard InChI is InChI=1S/C18H27N5/c1-3-19-18(23-12-9-14(2)10-13-23)20-11-8-17-21-15-6-4-5-7-16(15)22-17/h4-7,14H,3,8-13H2,1-2H3,(H,19,20)(H,21,22). The Kier molecular flexibility index (Phi) is 5.16. The molecule has 124 valence electrons. The van der Waals surface area contributed by atoms with Gasteiger partial charge in [-0.3, -0.25) is 4.99 Å². The van der Waals surface area contributed by atoms with Crippen molar-refractivity contribution in [3.8, 4) is 0 Å². The van der Waals surface area contributed by atoms with Gasteiger partial charge in [0.25, 0.3) is 0 Å². The maximum Gasteiger partial charge on any atom is 0.193 e. The molecule has 1 fully saturated rings. The Bertz CT molecular complexity index is 619. The van der Waals surface area contributed by atoms with Crippen LogP contribution in [-0.2, 0) is 6.42 Å². The number of benzene rings is 1. The zero-order valence-corrected chi connectivity index (χ0v) is 14.2. The minimum absolute atomic E-state index is 0.758. The van der Waals surface area contributed by atoms with Gasteiger partial charge in [0.1, 0.15) is 5.82 Å². The molecule has 1 aromatic heterocycles. The van der Waals surface area contributed by atoms with Crippen LogP contribution in [0.4, 0.5) is 0 Å². The Morgan fingerprint density at radius 1 is 1.35 bits per heavy atom. The minimum Gasteiger partial charge on any atom is -0.357 e. The van der Waals surface area contributed by atoms with E-state index in [0.717, 1.165) is 61.3 Å². The number of piperidine rings is 1. The average Bonchev–Trinajstić information content (AvgIpc) is 2.97. The average molecular weight is 313 g/mol. The van der Waals surface area contributed by atoms with E-state index in [9.17, 15) is 0 Å². The van der Waals surface area contributed by atoms with Crippen molar-refractivity contribution >= 4 is 17.0 Å². The molecule has 2 N–H and O–H groups in total. The number of H-pyrrole nitrogens is 1. The van der Waals surface area contributed by atoms with Crippen molar-refractivity contribution in [3.05, 3.63) is 30.1 Å². The molecule has 0 bridgehead atoms. The molecule has 1 aliphatic heterocycles. The zero-order valence-electron chi connectivity index (χ0n) is 14.2. The summed E-state index contributed by atoms with van der Waals surface area (Å²) in [6.07, 6.45) is 3.36. The van der Waals surface area contributed by atoms with Gasteiger partial charge in [-0.15, -0.1) is 0 Å². The van der Waals surface area contributed by atoms with E-state index in [0.29, 0.717) is 0 Å². The fourth-order valence-electron chi connectivity index (χ4n) is 3.04. The van der Waals surface area contributed by atoms with Crippen LogP contribution in [0.25, 0.3) is 11.0 Å². The summed E-state index contributed by atoms with van der Waals surface area (Å²) in [7, 11) is 0. The normalized spacial score (nSPS) is 17.0. The monoisotopic (exact) mass is 313 g/mol. The van der Waals surface area contributed by atoms with Crippen LogP contribution in [0.1, 0.15) is 32.5 Å². The van der Waals surface area contributed by atoms with E-state index in [1.54, 1.807) is 0 Å². The maximum absolute atomic E-state index is 4.80. The highest BCUT2D eigenvalue weighted by molar-refractivity contribution is 5.80. The summed E-state index contributed by atoms with van der Waals surface area (Å²) in [6, 6.07) is 8.15. The molecule has 1 saturated heterocycles. The molecule has 3 rings (SSSR count). The van der Waals surface area contributed by atoms with Gasteiger partial charge < -0.3 is 15.2 Å². The molecule has 0 spiro atoms. The summed E-state index contributed by atoms with van der Waals surface area (Å²) in [6.45, 7) is 8.35. The number of hydrogen-bond acceptors (Lipinski definition) is 2. The molecule has 1 aliphatic rings. The molecule has 0 saturated carbocycles. The van der Waals surface area contributed by atoms with Gasteiger partial charge in [0.2, 0.25) is 0 Å². The number of fused-ring (bicyclic) bond motifs is 1. The lowest BCUT2D eigenvalue weighted by Crippen LogP contribution is -2.45. The predicted molar refractivity (Wildman–Crippen MR) is 95.7 cm³/mol. The summed E-state index contributed by atoms with van der Waals surface area (Å²) in [5.74, 6) is 2.90. The third-order valence-corrected chi connectivity index (χ3v) is 4.47. The van der Waals surface area contributed by atoms with Gasteiger partial charge in [-0.2, -0.15) is 0 Å². The molecular formula is C18H27N5. The molecular weight excluding hydrogens is 286 g/mol. The number of guanidine groups is 1. The highest BCUT2D eigenvalue weighted by Gasteiger charge is 2.18. The molecule has 1 aromatic carbocycles. The second-order valence-corrected chi connectivity index (χ2v) is 6.36. The summed E-state index contributed by atoms with van der Waals surface area (Å²) in [5.41, 5.74) is 2.13. The van der Waals surface area contributed by atoms with Gasteiger partial charge in [-0.05, 0) is 37.8 Å². The van der Waals surface area contributed by atoms with E-state index in [1.165, 1.54) is 12.8 Å². The number of aliphatic imine (C=N–C) groups is 1. The number of aromatic nitrogens is 2. The topological polar surface area (TPSA) is 56.3 Å². The van der Waals surface area contributed by atoms with Crippen molar-refractivity contribution < 1.29 is 0 Å². The van der Waals surface area contributed by atoms with Crippen LogP contribution in [0.2, 0.25) is 0 Å². The van der Waals surface area contributed by atoms with Gasteiger partial charge in [-0.1, -0.05) is 19.1 Å². The predicted octanol–water partition coefficient (Wildman–Crippen LogP) is 2.80. The largest absolute Gasteiger partial charge is 0.357 e. The van der Waals surface area contributed by atoms with E-state index < -0.39 is 0 Å². The molecule has 23 heavy (non-hydrogen) atoms. The molecule has 5 nitrogen and oxygen atoms in total. The first-order valence-electron chi connectivity index (χ1n) is 8.73. The van der Waals surface area contributed by atoms with E-state index in [1.807, 2.05) is 18.2 Å². The van der Waals surface area contributed by atoms with Gasteiger partial charge in [-0.25, -0.2) is 4.98 Å². The van der Waals surface area contributed by atoms with Crippen LogP contribution in [0.3, 0.4) is 0 Å². The van der Waals surface area contributed by atoms with Gasteiger partial charge in [0, 0.05) is 32.6 Å². The number of para-hydroxylation sites is 2. The van der Waals surface area contributed by atoms with Crippen molar-refractivity contribution in [2.24, 2.45) is 10.9 Å². The first-order chi connectivity index (χ1) is 11.3. The maximum atomic E-state index is 4.80. The second kappa shape index (κ2) is 7.49.